The fourth-order valence-corrected chi connectivity index (χ4v) is 3.18. The van der Waals surface area contributed by atoms with E-state index in [1.807, 2.05) is 25.3 Å². The summed E-state index contributed by atoms with van der Waals surface area (Å²) in [6.07, 6.45) is 2.27. The zero-order valence-electron chi connectivity index (χ0n) is 13.3. The molecule has 1 atom stereocenters. The van der Waals surface area contributed by atoms with E-state index in [0.29, 0.717) is 5.92 Å². The van der Waals surface area contributed by atoms with Crippen LogP contribution in [0.4, 0.5) is 0 Å². The van der Waals surface area contributed by atoms with Crippen LogP contribution >= 0.6 is 0 Å². The minimum atomic E-state index is 0.0221. The lowest BCUT2D eigenvalue weighted by Crippen LogP contribution is -2.15. The Morgan fingerprint density at radius 1 is 1.30 bits per heavy atom. The fourth-order valence-electron chi connectivity index (χ4n) is 3.18. The van der Waals surface area contributed by atoms with Crippen molar-refractivity contribution in [2.45, 2.75) is 54.0 Å². The fraction of sp³-hybridized carbons (Fsp3) is 0.588. The van der Waals surface area contributed by atoms with Crippen LogP contribution in [-0.4, -0.2) is 9.55 Å². The van der Waals surface area contributed by atoms with Gasteiger partial charge in [0.25, 0.3) is 0 Å². The van der Waals surface area contributed by atoms with Gasteiger partial charge in [0.05, 0.1) is 11.0 Å². The Hall–Kier alpha value is -1.51. The van der Waals surface area contributed by atoms with Crippen molar-refractivity contribution < 1.29 is 0 Å². The third-order valence-electron chi connectivity index (χ3n) is 4.34. The van der Waals surface area contributed by atoms with Crippen LogP contribution in [0.15, 0.2) is 16.9 Å². The van der Waals surface area contributed by atoms with Gasteiger partial charge in [-0.25, -0.2) is 4.79 Å². The van der Waals surface area contributed by atoms with Crippen LogP contribution in [0.1, 0.15) is 45.7 Å². The van der Waals surface area contributed by atoms with Crippen molar-refractivity contribution in [2.75, 3.05) is 0 Å². The zero-order valence-corrected chi connectivity index (χ0v) is 13.3. The van der Waals surface area contributed by atoms with Crippen LogP contribution in [0.3, 0.4) is 0 Å². The lowest BCUT2D eigenvalue weighted by Gasteiger charge is -2.12. The molecule has 3 rings (SSSR count). The number of hydrogen-bond acceptors (Lipinski definition) is 1. The number of aryl methyl sites for hydroxylation is 1. The number of hydrogen-bond donors (Lipinski definition) is 1. The van der Waals surface area contributed by atoms with E-state index in [-0.39, 0.29) is 5.69 Å². The van der Waals surface area contributed by atoms with Crippen molar-refractivity contribution in [3.63, 3.8) is 0 Å². The summed E-state index contributed by atoms with van der Waals surface area (Å²) in [4.78, 5) is 14.9. The van der Waals surface area contributed by atoms with Crippen molar-refractivity contribution in [3.8, 4) is 0 Å². The molecule has 1 unspecified atom stereocenters. The summed E-state index contributed by atoms with van der Waals surface area (Å²) in [6.45, 7) is 11.3. The number of nitrogens with zero attached hydrogens (tertiary/aromatic N) is 1. The summed E-state index contributed by atoms with van der Waals surface area (Å²) in [6, 6.07) is 4.25. The van der Waals surface area contributed by atoms with Gasteiger partial charge in [-0.3, -0.25) is 4.57 Å². The van der Waals surface area contributed by atoms with Gasteiger partial charge in [-0.1, -0.05) is 33.8 Å². The van der Waals surface area contributed by atoms with Crippen molar-refractivity contribution in [1.29, 1.82) is 0 Å². The van der Waals surface area contributed by atoms with Crippen molar-refractivity contribution in [2.24, 2.45) is 11.8 Å². The first-order valence-corrected chi connectivity index (χ1v) is 7.85. The molecule has 1 aromatic heterocycles. The number of nitrogens with one attached hydrogen (secondary N) is 1. The summed E-state index contributed by atoms with van der Waals surface area (Å²) >= 11 is 0. The molecular weight excluding hydrogens is 248 g/mol. The minimum absolute atomic E-state index is 0.0221. The molecule has 0 fully saturated rings. The quantitative estimate of drug-likeness (QED) is 0.890. The van der Waals surface area contributed by atoms with Gasteiger partial charge in [-0.05, 0) is 48.8 Å². The first kappa shape index (κ1) is 14.9. The van der Waals surface area contributed by atoms with E-state index in [1.54, 1.807) is 0 Å². The molecule has 20 heavy (non-hydrogen) atoms. The van der Waals surface area contributed by atoms with E-state index in [9.17, 15) is 4.79 Å². The Morgan fingerprint density at radius 3 is 2.60 bits per heavy atom. The van der Waals surface area contributed by atoms with Gasteiger partial charge < -0.3 is 4.98 Å². The second kappa shape index (κ2) is 5.86. The number of fused-ring (bicyclic) bond motifs is 3. The molecule has 1 N–H and O–H groups in total. The molecule has 1 heterocycles. The Kier molecular flexibility index (Phi) is 4.36. The molecule has 0 aliphatic heterocycles. The Morgan fingerprint density at radius 2 is 2.00 bits per heavy atom. The highest BCUT2D eigenvalue weighted by molar-refractivity contribution is 5.81. The van der Waals surface area contributed by atoms with E-state index in [0.717, 1.165) is 36.3 Å². The molecule has 2 aromatic rings. The first-order chi connectivity index (χ1) is 9.61. The average Bonchev–Trinajstić information content (AvgIpc) is 3.00. The van der Waals surface area contributed by atoms with Gasteiger partial charge in [-0.2, -0.15) is 0 Å². The van der Waals surface area contributed by atoms with Crippen LogP contribution in [0, 0.1) is 11.8 Å². The number of aromatic nitrogens is 2. The van der Waals surface area contributed by atoms with Crippen LogP contribution in [-0.2, 0) is 19.4 Å². The highest BCUT2D eigenvalue weighted by Gasteiger charge is 2.27. The Balaban J connectivity index is 0.000000704. The monoisotopic (exact) mass is 274 g/mol. The minimum Gasteiger partial charge on any atom is -0.306 e. The Bertz CT molecular complexity index is 649. The largest absolute Gasteiger partial charge is 0.326 e. The first-order valence-electron chi connectivity index (χ1n) is 7.85. The van der Waals surface area contributed by atoms with Crippen LogP contribution in [0.5, 0.6) is 0 Å². The average molecular weight is 274 g/mol. The number of benzene rings is 1. The van der Waals surface area contributed by atoms with E-state index in [4.69, 9.17) is 0 Å². The highest BCUT2D eigenvalue weighted by atomic mass is 16.1. The lowest BCUT2D eigenvalue weighted by atomic mass is 9.93. The van der Waals surface area contributed by atoms with E-state index < -0.39 is 0 Å². The topological polar surface area (TPSA) is 37.8 Å². The van der Waals surface area contributed by atoms with E-state index >= 15 is 0 Å². The summed E-state index contributed by atoms with van der Waals surface area (Å²) in [5.41, 5.74) is 4.98. The predicted octanol–water partition coefficient (Wildman–Crippen LogP) is 3.75. The number of H-pyrrole nitrogens is 1. The molecule has 3 heteroatoms. The van der Waals surface area contributed by atoms with E-state index in [1.165, 1.54) is 11.1 Å². The van der Waals surface area contributed by atoms with E-state index in [2.05, 4.69) is 31.0 Å². The maximum atomic E-state index is 11.9. The summed E-state index contributed by atoms with van der Waals surface area (Å²) in [7, 11) is 0. The lowest BCUT2D eigenvalue weighted by molar-refractivity contribution is 0.404. The van der Waals surface area contributed by atoms with Crippen molar-refractivity contribution in [3.05, 3.63) is 33.7 Å². The molecule has 1 aliphatic carbocycles. The predicted molar refractivity (Wildman–Crippen MR) is 85.3 cm³/mol. The maximum absolute atomic E-state index is 11.9. The van der Waals surface area contributed by atoms with Gasteiger partial charge >= 0.3 is 5.69 Å². The Labute approximate surface area is 121 Å². The third-order valence-corrected chi connectivity index (χ3v) is 4.34. The second-order valence-corrected chi connectivity index (χ2v) is 5.69. The molecule has 0 bridgehead atoms. The third kappa shape index (κ3) is 2.30. The second-order valence-electron chi connectivity index (χ2n) is 5.69. The SMILES string of the molecule is CC.CCn1c(=O)[nH]c2ccc3c(c21)CC(C(C)C)C3. The summed E-state index contributed by atoms with van der Waals surface area (Å²) < 4.78 is 1.87. The number of aromatic amines is 1. The standard InChI is InChI=1S/C15H20N2O.C2H6/c1-4-17-14-12-8-11(9(2)3)7-10(12)5-6-13(14)16-15(17)18;1-2/h5-6,9,11H,4,7-8H2,1-3H3,(H,16,18);1-2H3. The molecule has 0 spiro atoms. The van der Waals surface area contributed by atoms with Crippen molar-refractivity contribution in [1.82, 2.24) is 9.55 Å². The van der Waals surface area contributed by atoms with Gasteiger partial charge in [0.2, 0.25) is 0 Å². The zero-order chi connectivity index (χ0) is 14.9. The molecule has 0 amide bonds. The van der Waals surface area contributed by atoms with Crippen LogP contribution < -0.4 is 5.69 Å². The molecule has 0 saturated carbocycles. The highest BCUT2D eigenvalue weighted by Crippen LogP contribution is 2.35. The summed E-state index contributed by atoms with van der Waals surface area (Å²) in [5, 5.41) is 0. The molecule has 1 aromatic carbocycles. The number of rotatable bonds is 2. The molecule has 1 aliphatic rings. The van der Waals surface area contributed by atoms with Gasteiger partial charge in [0.15, 0.2) is 0 Å². The van der Waals surface area contributed by atoms with Crippen LogP contribution in [0.2, 0.25) is 0 Å². The van der Waals surface area contributed by atoms with Gasteiger partial charge in [0, 0.05) is 6.54 Å². The maximum Gasteiger partial charge on any atom is 0.326 e. The summed E-state index contributed by atoms with van der Waals surface area (Å²) in [5.74, 6) is 1.43. The van der Waals surface area contributed by atoms with Gasteiger partial charge in [-0.15, -0.1) is 0 Å². The van der Waals surface area contributed by atoms with Gasteiger partial charge in [0.1, 0.15) is 0 Å². The smallest absolute Gasteiger partial charge is 0.306 e. The molecule has 0 saturated heterocycles. The van der Waals surface area contributed by atoms with Crippen molar-refractivity contribution >= 4 is 11.0 Å². The van der Waals surface area contributed by atoms with Crippen LogP contribution in [0.25, 0.3) is 11.0 Å². The normalized spacial score (nSPS) is 17.2. The molecule has 0 radical (unpaired) electrons. The molecular formula is C17H26N2O. The molecule has 110 valence electrons. The number of imidazole rings is 1. The molecule has 3 nitrogen and oxygen atoms in total.